The fraction of sp³-hybridized carbons (Fsp3) is 0.200. The van der Waals surface area contributed by atoms with Crippen LogP contribution in [0.1, 0.15) is 6.92 Å². The molecule has 0 bridgehead atoms. The molecule has 1 heterocycles. The Kier molecular flexibility index (Phi) is 2.63. The van der Waals surface area contributed by atoms with Crippen LogP contribution in [0.3, 0.4) is 0 Å². The molecule has 0 fully saturated rings. The summed E-state index contributed by atoms with van der Waals surface area (Å²) < 4.78 is 1.04. The minimum atomic E-state index is 0.860. The van der Waals surface area contributed by atoms with Crippen LogP contribution in [-0.4, -0.2) is 16.5 Å². The molecule has 0 unspecified atom stereocenters. The van der Waals surface area contributed by atoms with Crippen molar-refractivity contribution in [3.63, 3.8) is 0 Å². The first-order valence-electron chi connectivity index (χ1n) is 4.45. The van der Waals surface area contributed by atoms with Gasteiger partial charge in [-0.05, 0) is 25.1 Å². The van der Waals surface area contributed by atoms with Crippen molar-refractivity contribution in [1.82, 2.24) is 9.97 Å². The Hall–Kier alpha value is -1.16. The van der Waals surface area contributed by atoms with Crippen molar-refractivity contribution in [2.24, 2.45) is 0 Å². The summed E-state index contributed by atoms with van der Waals surface area (Å²) in [6.07, 6.45) is 1.58. The van der Waals surface area contributed by atoms with Crippen molar-refractivity contribution in [3.8, 4) is 0 Å². The molecule has 0 aliphatic heterocycles. The van der Waals surface area contributed by atoms with Crippen molar-refractivity contribution >= 4 is 32.7 Å². The van der Waals surface area contributed by atoms with Gasteiger partial charge in [-0.2, -0.15) is 0 Å². The summed E-state index contributed by atoms with van der Waals surface area (Å²) >= 11 is 3.43. The molecule has 0 amide bonds. The lowest BCUT2D eigenvalue weighted by Crippen LogP contribution is -2.00. The van der Waals surface area contributed by atoms with Gasteiger partial charge in [0, 0.05) is 16.4 Å². The molecule has 0 radical (unpaired) electrons. The van der Waals surface area contributed by atoms with Gasteiger partial charge in [-0.1, -0.05) is 15.9 Å². The number of anilines is 1. The number of rotatable bonds is 2. The lowest BCUT2D eigenvalue weighted by atomic mass is 10.2. The first-order valence-corrected chi connectivity index (χ1v) is 5.24. The lowest BCUT2D eigenvalue weighted by molar-refractivity contribution is 1.14. The Labute approximate surface area is 90.7 Å². The number of nitrogens with zero attached hydrogens (tertiary/aromatic N) is 2. The molecule has 1 aromatic carbocycles. The molecule has 0 atom stereocenters. The Morgan fingerprint density at radius 3 is 3.00 bits per heavy atom. The molecule has 1 N–H and O–H groups in total. The number of hydrogen-bond donors (Lipinski definition) is 1. The van der Waals surface area contributed by atoms with Gasteiger partial charge in [0.25, 0.3) is 0 Å². The van der Waals surface area contributed by atoms with Crippen molar-refractivity contribution in [3.05, 3.63) is 29.0 Å². The van der Waals surface area contributed by atoms with Crippen molar-refractivity contribution < 1.29 is 0 Å². The molecule has 0 aliphatic carbocycles. The molecular weight excluding hydrogens is 242 g/mol. The summed E-state index contributed by atoms with van der Waals surface area (Å²) in [7, 11) is 0. The monoisotopic (exact) mass is 251 g/mol. The van der Waals surface area contributed by atoms with E-state index in [1.165, 1.54) is 0 Å². The smallest absolute Gasteiger partial charge is 0.137 e. The predicted molar refractivity (Wildman–Crippen MR) is 61.4 cm³/mol. The van der Waals surface area contributed by atoms with Crippen molar-refractivity contribution in [1.29, 1.82) is 0 Å². The maximum absolute atomic E-state index is 4.19. The Balaban J connectivity index is 2.64. The average Bonchev–Trinajstić information content (AvgIpc) is 2.19. The zero-order valence-electron chi connectivity index (χ0n) is 7.79. The predicted octanol–water partition coefficient (Wildman–Crippen LogP) is 2.82. The van der Waals surface area contributed by atoms with Crippen LogP contribution in [0.5, 0.6) is 0 Å². The summed E-state index contributed by atoms with van der Waals surface area (Å²) in [6.45, 7) is 2.91. The fourth-order valence-corrected chi connectivity index (χ4v) is 1.70. The molecule has 4 heteroatoms. The molecular formula is C10H10BrN3. The second-order valence-corrected chi connectivity index (χ2v) is 3.83. The molecule has 2 aromatic rings. The fourth-order valence-electron chi connectivity index (χ4n) is 1.34. The molecule has 2 rings (SSSR count). The number of aromatic nitrogens is 2. The van der Waals surface area contributed by atoms with E-state index >= 15 is 0 Å². The Morgan fingerprint density at radius 2 is 2.21 bits per heavy atom. The van der Waals surface area contributed by atoms with Crippen LogP contribution >= 0.6 is 15.9 Å². The van der Waals surface area contributed by atoms with Gasteiger partial charge in [0.2, 0.25) is 0 Å². The van der Waals surface area contributed by atoms with Gasteiger partial charge in [-0.3, -0.25) is 0 Å². The SMILES string of the molecule is CCNc1ncnc2ccc(Br)cc12. The quantitative estimate of drug-likeness (QED) is 0.892. The minimum absolute atomic E-state index is 0.860. The van der Waals surface area contributed by atoms with Crippen LogP contribution in [0, 0.1) is 0 Å². The summed E-state index contributed by atoms with van der Waals surface area (Å²) in [5.74, 6) is 0.888. The van der Waals surface area contributed by atoms with Gasteiger partial charge in [-0.25, -0.2) is 9.97 Å². The van der Waals surface area contributed by atoms with Crippen molar-refractivity contribution in [2.75, 3.05) is 11.9 Å². The van der Waals surface area contributed by atoms with E-state index in [2.05, 4.69) is 31.2 Å². The number of fused-ring (bicyclic) bond motifs is 1. The molecule has 0 saturated carbocycles. The number of halogens is 1. The molecule has 0 spiro atoms. The van der Waals surface area contributed by atoms with E-state index in [0.29, 0.717) is 0 Å². The molecule has 0 aliphatic rings. The molecule has 72 valence electrons. The highest BCUT2D eigenvalue weighted by atomic mass is 79.9. The summed E-state index contributed by atoms with van der Waals surface area (Å²) in [5, 5.41) is 4.25. The second-order valence-electron chi connectivity index (χ2n) is 2.91. The highest BCUT2D eigenvalue weighted by Crippen LogP contribution is 2.22. The van der Waals surface area contributed by atoms with Crippen LogP contribution in [0.2, 0.25) is 0 Å². The van der Waals surface area contributed by atoms with E-state index < -0.39 is 0 Å². The number of benzene rings is 1. The van der Waals surface area contributed by atoms with Crippen molar-refractivity contribution in [2.45, 2.75) is 6.92 Å². The lowest BCUT2D eigenvalue weighted by Gasteiger charge is -2.05. The topological polar surface area (TPSA) is 37.8 Å². The van der Waals surface area contributed by atoms with E-state index in [1.54, 1.807) is 6.33 Å². The average molecular weight is 252 g/mol. The zero-order valence-corrected chi connectivity index (χ0v) is 9.37. The number of nitrogens with one attached hydrogen (secondary N) is 1. The van der Waals surface area contributed by atoms with Crippen LogP contribution < -0.4 is 5.32 Å². The third-order valence-corrected chi connectivity index (χ3v) is 2.43. The zero-order chi connectivity index (χ0) is 9.97. The maximum atomic E-state index is 4.19. The second kappa shape index (κ2) is 3.92. The first-order chi connectivity index (χ1) is 6.81. The minimum Gasteiger partial charge on any atom is -0.370 e. The normalized spacial score (nSPS) is 10.4. The molecule has 14 heavy (non-hydrogen) atoms. The van der Waals surface area contributed by atoms with Crippen LogP contribution in [0.15, 0.2) is 29.0 Å². The highest BCUT2D eigenvalue weighted by Gasteiger charge is 2.02. The Morgan fingerprint density at radius 1 is 1.36 bits per heavy atom. The van der Waals surface area contributed by atoms with Crippen LogP contribution in [0.4, 0.5) is 5.82 Å². The highest BCUT2D eigenvalue weighted by molar-refractivity contribution is 9.10. The van der Waals surface area contributed by atoms with E-state index in [1.807, 2.05) is 25.1 Å². The molecule has 1 aromatic heterocycles. The van der Waals surface area contributed by atoms with Gasteiger partial charge in [0.05, 0.1) is 5.52 Å². The third kappa shape index (κ3) is 1.70. The largest absolute Gasteiger partial charge is 0.370 e. The maximum Gasteiger partial charge on any atom is 0.137 e. The Bertz CT molecular complexity index is 456. The van der Waals surface area contributed by atoms with E-state index in [4.69, 9.17) is 0 Å². The van der Waals surface area contributed by atoms with Gasteiger partial charge < -0.3 is 5.32 Å². The summed E-state index contributed by atoms with van der Waals surface area (Å²) in [6, 6.07) is 5.97. The number of hydrogen-bond acceptors (Lipinski definition) is 3. The molecule has 0 saturated heterocycles. The van der Waals surface area contributed by atoms with Gasteiger partial charge >= 0.3 is 0 Å². The molecule has 3 nitrogen and oxygen atoms in total. The van der Waals surface area contributed by atoms with E-state index in [9.17, 15) is 0 Å². The van der Waals surface area contributed by atoms with Crippen LogP contribution in [-0.2, 0) is 0 Å². The summed E-state index contributed by atoms with van der Waals surface area (Å²) in [4.78, 5) is 8.39. The van der Waals surface area contributed by atoms with Gasteiger partial charge in [0.15, 0.2) is 0 Å². The van der Waals surface area contributed by atoms with Gasteiger partial charge in [-0.15, -0.1) is 0 Å². The third-order valence-electron chi connectivity index (χ3n) is 1.94. The standard InChI is InChI=1S/C10H10BrN3/c1-2-12-10-8-5-7(11)3-4-9(8)13-6-14-10/h3-6H,2H2,1H3,(H,12,13,14). The van der Waals surface area contributed by atoms with Crippen LogP contribution in [0.25, 0.3) is 10.9 Å². The summed E-state index contributed by atoms with van der Waals surface area (Å²) in [5.41, 5.74) is 0.958. The first kappa shape index (κ1) is 9.40. The van der Waals surface area contributed by atoms with E-state index in [-0.39, 0.29) is 0 Å². The van der Waals surface area contributed by atoms with Gasteiger partial charge in [0.1, 0.15) is 12.1 Å². The van der Waals surface area contributed by atoms with E-state index in [0.717, 1.165) is 27.7 Å².